The van der Waals surface area contributed by atoms with Crippen LogP contribution in [0.25, 0.3) is 0 Å². The number of benzene rings is 1. The highest BCUT2D eigenvalue weighted by Gasteiger charge is 2.29. The second-order valence-electron chi connectivity index (χ2n) is 5.88. The predicted molar refractivity (Wildman–Crippen MR) is 64.8 cm³/mol. The molecule has 0 aliphatic heterocycles. The highest BCUT2D eigenvalue weighted by atomic mass is 16.3. The van der Waals surface area contributed by atoms with Gasteiger partial charge < -0.3 is 5.11 Å². The van der Waals surface area contributed by atoms with Crippen molar-refractivity contribution in [1.29, 1.82) is 0 Å². The minimum absolute atomic E-state index is 0.132. The van der Waals surface area contributed by atoms with Crippen LogP contribution in [0.1, 0.15) is 45.2 Å². The highest BCUT2D eigenvalue weighted by Crippen LogP contribution is 2.34. The molecule has 1 aromatic rings. The van der Waals surface area contributed by atoms with E-state index in [9.17, 15) is 5.11 Å². The van der Waals surface area contributed by atoms with Crippen molar-refractivity contribution in [3.05, 3.63) is 35.4 Å². The van der Waals surface area contributed by atoms with Gasteiger partial charge in [-0.25, -0.2) is 0 Å². The molecule has 1 heteroatoms. The summed E-state index contributed by atoms with van der Waals surface area (Å²) in [5.41, 5.74) is 1.61. The van der Waals surface area contributed by atoms with E-state index in [2.05, 4.69) is 39.8 Å². The maximum Gasteiger partial charge on any atom is 0.0873 e. The van der Waals surface area contributed by atoms with Gasteiger partial charge >= 0.3 is 0 Å². The van der Waals surface area contributed by atoms with E-state index in [1.807, 2.05) is 19.1 Å². The Hall–Kier alpha value is -0.820. The Morgan fingerprint density at radius 3 is 2.20 bits per heavy atom. The minimum Gasteiger partial charge on any atom is -0.385 e. The van der Waals surface area contributed by atoms with Crippen LogP contribution in [0.4, 0.5) is 0 Å². The SMILES string of the molecule is Cc1cccc(C(C)(O)CC(C)(C)C)c1. The lowest BCUT2D eigenvalue weighted by atomic mass is 9.79. The molecule has 0 aliphatic rings. The molecule has 0 saturated carbocycles. The lowest BCUT2D eigenvalue weighted by Gasteiger charge is -2.31. The van der Waals surface area contributed by atoms with Gasteiger partial charge in [-0.2, -0.15) is 0 Å². The number of hydrogen-bond donors (Lipinski definition) is 1. The van der Waals surface area contributed by atoms with Crippen LogP contribution in [0, 0.1) is 12.3 Å². The second-order valence-corrected chi connectivity index (χ2v) is 5.88. The van der Waals surface area contributed by atoms with E-state index in [4.69, 9.17) is 0 Å². The zero-order valence-electron chi connectivity index (χ0n) is 10.5. The third-order valence-electron chi connectivity index (χ3n) is 2.51. The molecule has 0 aromatic heterocycles. The Bertz CT molecular complexity index is 331. The average molecular weight is 206 g/mol. The molecule has 1 N–H and O–H groups in total. The van der Waals surface area contributed by atoms with Crippen molar-refractivity contribution in [3.8, 4) is 0 Å². The van der Waals surface area contributed by atoms with E-state index >= 15 is 0 Å². The van der Waals surface area contributed by atoms with Gasteiger partial charge in [0, 0.05) is 0 Å². The summed E-state index contributed by atoms with van der Waals surface area (Å²) in [6.45, 7) is 10.4. The molecule has 1 rings (SSSR count). The number of aryl methyl sites for hydroxylation is 1. The molecule has 0 bridgehead atoms. The summed E-state index contributed by atoms with van der Waals surface area (Å²) in [6, 6.07) is 8.11. The first-order valence-corrected chi connectivity index (χ1v) is 5.50. The van der Waals surface area contributed by atoms with Crippen molar-refractivity contribution in [3.63, 3.8) is 0 Å². The van der Waals surface area contributed by atoms with Crippen LogP contribution in [-0.2, 0) is 5.60 Å². The topological polar surface area (TPSA) is 20.2 Å². The summed E-state index contributed by atoms with van der Waals surface area (Å²) in [5.74, 6) is 0. The molecule has 1 atom stereocenters. The van der Waals surface area contributed by atoms with Gasteiger partial charge in [0.05, 0.1) is 5.60 Å². The Balaban J connectivity index is 2.95. The summed E-state index contributed by atoms with van der Waals surface area (Å²) >= 11 is 0. The average Bonchev–Trinajstić information content (AvgIpc) is 1.99. The fourth-order valence-corrected chi connectivity index (χ4v) is 2.11. The van der Waals surface area contributed by atoms with Gasteiger partial charge in [0.25, 0.3) is 0 Å². The summed E-state index contributed by atoms with van der Waals surface area (Å²) < 4.78 is 0. The van der Waals surface area contributed by atoms with Crippen LogP contribution < -0.4 is 0 Å². The first-order valence-electron chi connectivity index (χ1n) is 5.50. The zero-order valence-corrected chi connectivity index (χ0v) is 10.5. The number of aliphatic hydroxyl groups is 1. The molecule has 0 amide bonds. The summed E-state index contributed by atoms with van der Waals surface area (Å²) in [4.78, 5) is 0. The molecular formula is C14H22O. The monoisotopic (exact) mass is 206 g/mol. The summed E-state index contributed by atoms with van der Waals surface area (Å²) in [5, 5.41) is 10.4. The standard InChI is InChI=1S/C14H22O/c1-11-7-6-8-12(9-11)14(5,15)10-13(2,3)4/h6-9,15H,10H2,1-5H3. The Morgan fingerprint density at radius 2 is 1.73 bits per heavy atom. The third kappa shape index (κ3) is 3.67. The van der Waals surface area contributed by atoms with Gasteiger partial charge in [0.2, 0.25) is 0 Å². The van der Waals surface area contributed by atoms with Gasteiger partial charge in [-0.15, -0.1) is 0 Å². The number of hydrogen-bond acceptors (Lipinski definition) is 1. The molecule has 0 saturated heterocycles. The molecule has 0 heterocycles. The van der Waals surface area contributed by atoms with Gasteiger partial charge in [-0.1, -0.05) is 50.6 Å². The predicted octanol–water partition coefficient (Wildman–Crippen LogP) is 3.64. The molecule has 0 spiro atoms. The van der Waals surface area contributed by atoms with E-state index in [-0.39, 0.29) is 5.41 Å². The Labute approximate surface area is 93.1 Å². The van der Waals surface area contributed by atoms with E-state index in [0.717, 1.165) is 12.0 Å². The quantitative estimate of drug-likeness (QED) is 0.783. The van der Waals surface area contributed by atoms with Crippen LogP contribution in [0.2, 0.25) is 0 Å². The van der Waals surface area contributed by atoms with E-state index in [0.29, 0.717) is 0 Å². The van der Waals surface area contributed by atoms with E-state index < -0.39 is 5.60 Å². The molecule has 15 heavy (non-hydrogen) atoms. The summed E-state index contributed by atoms with van der Waals surface area (Å²) in [6.07, 6.45) is 0.767. The molecular weight excluding hydrogens is 184 g/mol. The van der Waals surface area contributed by atoms with Crippen molar-refractivity contribution in [2.24, 2.45) is 5.41 Å². The van der Waals surface area contributed by atoms with Crippen LogP contribution in [0.3, 0.4) is 0 Å². The third-order valence-corrected chi connectivity index (χ3v) is 2.51. The molecule has 1 aromatic carbocycles. The van der Waals surface area contributed by atoms with E-state index in [1.165, 1.54) is 5.56 Å². The number of rotatable bonds is 2. The Kier molecular flexibility index (Phi) is 3.25. The first-order chi connectivity index (χ1) is 6.71. The lowest BCUT2D eigenvalue weighted by molar-refractivity contribution is 0.0150. The second kappa shape index (κ2) is 3.97. The van der Waals surface area contributed by atoms with E-state index in [1.54, 1.807) is 0 Å². The first kappa shape index (κ1) is 12.3. The van der Waals surface area contributed by atoms with Crippen LogP contribution >= 0.6 is 0 Å². The smallest absolute Gasteiger partial charge is 0.0873 e. The largest absolute Gasteiger partial charge is 0.385 e. The van der Waals surface area contributed by atoms with Gasteiger partial charge in [-0.05, 0) is 31.2 Å². The van der Waals surface area contributed by atoms with Crippen molar-refractivity contribution < 1.29 is 5.11 Å². The zero-order chi connectivity index (χ0) is 11.7. The molecule has 1 nitrogen and oxygen atoms in total. The normalized spacial score (nSPS) is 16.1. The Morgan fingerprint density at radius 1 is 1.13 bits per heavy atom. The fourth-order valence-electron chi connectivity index (χ4n) is 2.11. The highest BCUT2D eigenvalue weighted by molar-refractivity contribution is 5.27. The maximum absolute atomic E-state index is 10.4. The summed E-state index contributed by atoms with van der Waals surface area (Å²) in [7, 11) is 0. The van der Waals surface area contributed by atoms with Crippen LogP contribution in [0.5, 0.6) is 0 Å². The molecule has 1 unspecified atom stereocenters. The van der Waals surface area contributed by atoms with Crippen LogP contribution in [-0.4, -0.2) is 5.11 Å². The minimum atomic E-state index is -0.732. The van der Waals surface area contributed by atoms with Crippen LogP contribution in [0.15, 0.2) is 24.3 Å². The van der Waals surface area contributed by atoms with Crippen molar-refractivity contribution in [1.82, 2.24) is 0 Å². The molecule has 0 aliphatic carbocycles. The molecule has 0 fully saturated rings. The molecule has 84 valence electrons. The van der Waals surface area contributed by atoms with Gasteiger partial charge in [0.1, 0.15) is 0 Å². The van der Waals surface area contributed by atoms with Crippen molar-refractivity contribution >= 4 is 0 Å². The van der Waals surface area contributed by atoms with Gasteiger partial charge in [-0.3, -0.25) is 0 Å². The van der Waals surface area contributed by atoms with Gasteiger partial charge in [0.15, 0.2) is 0 Å². The fraction of sp³-hybridized carbons (Fsp3) is 0.571. The van der Waals surface area contributed by atoms with Crippen molar-refractivity contribution in [2.75, 3.05) is 0 Å². The molecule has 0 radical (unpaired) electrons. The van der Waals surface area contributed by atoms with Crippen molar-refractivity contribution in [2.45, 2.75) is 46.6 Å². The lowest BCUT2D eigenvalue weighted by Crippen LogP contribution is -2.27. The maximum atomic E-state index is 10.4.